The van der Waals surface area contributed by atoms with Gasteiger partial charge in [0.05, 0.1) is 5.75 Å². The van der Waals surface area contributed by atoms with Crippen molar-refractivity contribution in [2.24, 2.45) is 0 Å². The molecule has 0 aromatic carbocycles. The lowest BCUT2D eigenvalue weighted by Gasteiger charge is -2.22. The van der Waals surface area contributed by atoms with Crippen molar-refractivity contribution in [2.75, 3.05) is 24.6 Å². The van der Waals surface area contributed by atoms with Crippen molar-refractivity contribution in [1.29, 1.82) is 0 Å². The summed E-state index contributed by atoms with van der Waals surface area (Å²) in [7, 11) is 0. The molecule has 0 aromatic heterocycles. The van der Waals surface area contributed by atoms with Crippen LogP contribution in [0.25, 0.3) is 0 Å². The van der Waals surface area contributed by atoms with Crippen molar-refractivity contribution in [3.05, 3.63) is 0 Å². The van der Waals surface area contributed by atoms with E-state index in [-0.39, 0.29) is 5.91 Å². The number of hydrogen-bond acceptors (Lipinski definition) is 3. The molecule has 1 rings (SSSR count). The maximum absolute atomic E-state index is 11.4. The molecule has 0 aliphatic carbocycles. The summed E-state index contributed by atoms with van der Waals surface area (Å²) in [6.45, 7) is 6.26. The van der Waals surface area contributed by atoms with Crippen LogP contribution in [0, 0.1) is 0 Å². The quantitative estimate of drug-likeness (QED) is 0.677. The molecule has 1 amide bonds. The van der Waals surface area contributed by atoms with Crippen LogP contribution in [0.2, 0.25) is 0 Å². The lowest BCUT2D eigenvalue weighted by molar-refractivity contribution is -0.128. The van der Waals surface area contributed by atoms with Crippen molar-refractivity contribution in [3.63, 3.8) is 0 Å². The number of nitrogens with zero attached hydrogens (tertiary/aromatic N) is 1. The van der Waals surface area contributed by atoms with E-state index in [9.17, 15) is 4.79 Å². The van der Waals surface area contributed by atoms with Gasteiger partial charge in [-0.15, -0.1) is 0 Å². The largest absolute Gasteiger partial charge is 0.341 e. The standard InChI is InChI=1S/C9H17NOS2/c1-9(2)3-4-10(5-6-13-9)8(11)7-12/h12H,3-7H2,1-2H3. The van der Waals surface area contributed by atoms with E-state index in [0.717, 1.165) is 25.3 Å². The van der Waals surface area contributed by atoms with Crippen LogP contribution < -0.4 is 0 Å². The van der Waals surface area contributed by atoms with E-state index in [1.165, 1.54) is 0 Å². The normalized spacial score (nSPS) is 22.5. The smallest absolute Gasteiger partial charge is 0.232 e. The molecule has 0 N–H and O–H groups in total. The minimum atomic E-state index is 0.168. The second-order valence-corrected chi connectivity index (χ2v) is 6.02. The summed E-state index contributed by atoms with van der Waals surface area (Å²) in [5.74, 6) is 1.55. The SMILES string of the molecule is CC1(C)CCN(C(=O)CS)CCS1. The fourth-order valence-electron chi connectivity index (χ4n) is 1.37. The zero-order valence-corrected chi connectivity index (χ0v) is 9.96. The van der Waals surface area contributed by atoms with Crippen LogP contribution in [-0.2, 0) is 4.79 Å². The first-order chi connectivity index (χ1) is 6.05. The highest BCUT2D eigenvalue weighted by Crippen LogP contribution is 2.30. The van der Waals surface area contributed by atoms with Crippen LogP contribution in [0.15, 0.2) is 0 Å². The molecule has 0 aromatic rings. The second kappa shape index (κ2) is 4.60. The maximum atomic E-state index is 11.4. The Morgan fingerprint density at radius 2 is 2.23 bits per heavy atom. The fourth-order valence-corrected chi connectivity index (χ4v) is 2.67. The highest BCUT2D eigenvalue weighted by Gasteiger charge is 2.25. The average Bonchev–Trinajstić information content (AvgIpc) is 2.25. The van der Waals surface area contributed by atoms with Crippen LogP contribution in [0.3, 0.4) is 0 Å². The Morgan fingerprint density at radius 3 is 2.85 bits per heavy atom. The monoisotopic (exact) mass is 219 g/mol. The molecule has 1 saturated heterocycles. The zero-order chi connectivity index (χ0) is 9.90. The van der Waals surface area contributed by atoms with Gasteiger partial charge in [-0.1, -0.05) is 13.8 Å². The van der Waals surface area contributed by atoms with E-state index in [2.05, 4.69) is 26.5 Å². The summed E-state index contributed by atoms with van der Waals surface area (Å²) < 4.78 is 0.325. The summed E-state index contributed by atoms with van der Waals surface area (Å²) in [4.78, 5) is 13.3. The Kier molecular flexibility index (Phi) is 3.98. The Morgan fingerprint density at radius 1 is 1.54 bits per heavy atom. The molecule has 76 valence electrons. The number of carbonyl (C=O) groups is 1. The van der Waals surface area contributed by atoms with Crippen LogP contribution in [0.5, 0.6) is 0 Å². The molecule has 1 aliphatic heterocycles. The highest BCUT2D eigenvalue weighted by molar-refractivity contribution is 8.00. The van der Waals surface area contributed by atoms with Crippen molar-refractivity contribution in [2.45, 2.75) is 25.0 Å². The van der Waals surface area contributed by atoms with Crippen molar-refractivity contribution in [3.8, 4) is 0 Å². The molecule has 0 atom stereocenters. The number of thiol groups is 1. The van der Waals surface area contributed by atoms with Crippen molar-refractivity contribution in [1.82, 2.24) is 4.90 Å². The van der Waals surface area contributed by atoms with Gasteiger partial charge in [-0.05, 0) is 6.42 Å². The van der Waals surface area contributed by atoms with Gasteiger partial charge in [-0.3, -0.25) is 4.79 Å². The lowest BCUT2D eigenvalue weighted by atomic mass is 10.1. The lowest BCUT2D eigenvalue weighted by Crippen LogP contribution is -2.34. The summed E-state index contributed by atoms with van der Waals surface area (Å²) in [5, 5.41) is 0. The van der Waals surface area contributed by atoms with Gasteiger partial charge in [0.1, 0.15) is 0 Å². The van der Waals surface area contributed by atoms with Gasteiger partial charge >= 0.3 is 0 Å². The van der Waals surface area contributed by atoms with E-state index in [1.807, 2.05) is 16.7 Å². The van der Waals surface area contributed by atoms with E-state index in [0.29, 0.717) is 10.5 Å². The molecule has 1 heterocycles. The van der Waals surface area contributed by atoms with E-state index >= 15 is 0 Å². The van der Waals surface area contributed by atoms with Gasteiger partial charge in [-0.2, -0.15) is 24.4 Å². The van der Waals surface area contributed by atoms with Gasteiger partial charge < -0.3 is 4.90 Å². The third-order valence-corrected chi connectivity index (χ3v) is 3.97. The third-order valence-electron chi connectivity index (χ3n) is 2.33. The van der Waals surface area contributed by atoms with E-state index < -0.39 is 0 Å². The molecule has 4 heteroatoms. The predicted octanol–water partition coefficient (Wildman–Crippen LogP) is 1.66. The molecule has 13 heavy (non-hydrogen) atoms. The molecule has 0 saturated carbocycles. The molecule has 0 bridgehead atoms. The van der Waals surface area contributed by atoms with E-state index in [4.69, 9.17) is 0 Å². The van der Waals surface area contributed by atoms with Crippen LogP contribution in [-0.4, -0.2) is 40.1 Å². The van der Waals surface area contributed by atoms with Gasteiger partial charge in [0.25, 0.3) is 0 Å². The van der Waals surface area contributed by atoms with Crippen molar-refractivity contribution < 1.29 is 4.79 Å². The fraction of sp³-hybridized carbons (Fsp3) is 0.889. The molecule has 1 fully saturated rings. The first-order valence-electron chi connectivity index (χ1n) is 4.58. The molecule has 0 unspecified atom stereocenters. The molecular weight excluding hydrogens is 202 g/mol. The topological polar surface area (TPSA) is 20.3 Å². The minimum absolute atomic E-state index is 0.168. The Balaban J connectivity index is 2.49. The summed E-state index contributed by atoms with van der Waals surface area (Å²) in [6.07, 6.45) is 1.08. The molecule has 1 aliphatic rings. The summed E-state index contributed by atoms with van der Waals surface area (Å²) >= 11 is 5.96. The Bertz CT molecular complexity index is 194. The van der Waals surface area contributed by atoms with Crippen LogP contribution in [0.4, 0.5) is 0 Å². The number of rotatable bonds is 1. The first-order valence-corrected chi connectivity index (χ1v) is 6.19. The van der Waals surface area contributed by atoms with Gasteiger partial charge in [-0.25, -0.2) is 0 Å². The van der Waals surface area contributed by atoms with Crippen LogP contribution >= 0.6 is 24.4 Å². The number of carbonyl (C=O) groups excluding carboxylic acids is 1. The predicted molar refractivity (Wildman–Crippen MR) is 61.6 cm³/mol. The molecule has 0 spiro atoms. The zero-order valence-electron chi connectivity index (χ0n) is 8.25. The maximum Gasteiger partial charge on any atom is 0.232 e. The number of thioether (sulfide) groups is 1. The number of amides is 1. The highest BCUT2D eigenvalue weighted by atomic mass is 32.2. The summed E-state index contributed by atoms with van der Waals surface area (Å²) in [5.41, 5.74) is 0. The van der Waals surface area contributed by atoms with Crippen molar-refractivity contribution >= 4 is 30.3 Å². The second-order valence-electron chi connectivity index (χ2n) is 3.90. The van der Waals surface area contributed by atoms with Crippen LogP contribution in [0.1, 0.15) is 20.3 Å². The molecular formula is C9H17NOS2. The van der Waals surface area contributed by atoms with Gasteiger partial charge in [0.15, 0.2) is 0 Å². The number of hydrogen-bond donors (Lipinski definition) is 1. The third kappa shape index (κ3) is 3.43. The Hall–Kier alpha value is 0.170. The average molecular weight is 219 g/mol. The molecule has 0 radical (unpaired) electrons. The summed E-state index contributed by atoms with van der Waals surface area (Å²) in [6, 6.07) is 0. The van der Waals surface area contributed by atoms with Gasteiger partial charge in [0.2, 0.25) is 5.91 Å². The van der Waals surface area contributed by atoms with Gasteiger partial charge in [0, 0.05) is 23.6 Å². The van der Waals surface area contributed by atoms with E-state index in [1.54, 1.807) is 0 Å². The Labute approximate surface area is 89.9 Å². The minimum Gasteiger partial charge on any atom is -0.341 e. The molecule has 2 nitrogen and oxygen atoms in total. The first kappa shape index (κ1) is 11.2.